The van der Waals surface area contributed by atoms with Crippen LogP contribution in [0, 0.1) is 0 Å². The highest BCUT2D eigenvalue weighted by Crippen LogP contribution is 2.16. The zero-order chi connectivity index (χ0) is 14.9. The normalized spacial score (nSPS) is 19.8. The summed E-state index contributed by atoms with van der Waals surface area (Å²) in [5.41, 5.74) is 2.75. The second-order valence-corrected chi connectivity index (χ2v) is 6.02. The second-order valence-electron chi connectivity index (χ2n) is 6.02. The van der Waals surface area contributed by atoms with Crippen LogP contribution in [0.4, 0.5) is 0 Å². The number of likely N-dealkylation sites (N-methyl/N-ethyl adjacent to an activating group) is 2. The van der Waals surface area contributed by atoms with Gasteiger partial charge in [-0.25, -0.2) is 0 Å². The molecule has 0 saturated carbocycles. The number of hydrogen-bond acceptors (Lipinski definition) is 3. The summed E-state index contributed by atoms with van der Waals surface area (Å²) in [6, 6.07) is 9.27. The van der Waals surface area contributed by atoms with Crippen LogP contribution in [0.25, 0.3) is 0 Å². The molecule has 1 fully saturated rings. The predicted molar refractivity (Wildman–Crippen MR) is 88.6 cm³/mol. The van der Waals surface area contributed by atoms with E-state index in [1.165, 1.54) is 36.9 Å². The molecule has 21 heavy (non-hydrogen) atoms. The standard InChI is InChI=1S/C18H30N2O/c1-3-19-12-11-16-8-4-5-9-17(16)14-21-15-18-10-6-7-13-20(18)2/h4-5,8-9,18-19H,3,6-7,10-15H2,1-2H3. The first-order valence-corrected chi connectivity index (χ1v) is 8.36. The van der Waals surface area contributed by atoms with Crippen LogP contribution in [0.1, 0.15) is 37.3 Å². The lowest BCUT2D eigenvalue weighted by atomic mass is 10.0. The van der Waals surface area contributed by atoms with E-state index in [4.69, 9.17) is 4.74 Å². The maximum absolute atomic E-state index is 6.01. The molecule has 1 aromatic carbocycles. The van der Waals surface area contributed by atoms with Crippen LogP contribution in [0.3, 0.4) is 0 Å². The van der Waals surface area contributed by atoms with Crippen molar-refractivity contribution in [3.63, 3.8) is 0 Å². The van der Waals surface area contributed by atoms with E-state index in [2.05, 4.69) is 48.5 Å². The van der Waals surface area contributed by atoms with Crippen LogP contribution in [0.2, 0.25) is 0 Å². The number of benzene rings is 1. The molecule has 1 aromatic rings. The lowest BCUT2D eigenvalue weighted by Gasteiger charge is -2.32. The highest BCUT2D eigenvalue weighted by Gasteiger charge is 2.18. The summed E-state index contributed by atoms with van der Waals surface area (Å²) in [6.07, 6.45) is 5.03. The topological polar surface area (TPSA) is 24.5 Å². The SMILES string of the molecule is CCNCCc1ccccc1COCC1CCCCN1C. The van der Waals surface area contributed by atoms with Gasteiger partial charge in [-0.1, -0.05) is 37.6 Å². The van der Waals surface area contributed by atoms with Crippen molar-refractivity contribution >= 4 is 0 Å². The molecule has 1 aliphatic rings. The third kappa shape index (κ3) is 5.42. The minimum atomic E-state index is 0.604. The summed E-state index contributed by atoms with van der Waals surface area (Å²) < 4.78 is 6.01. The van der Waals surface area contributed by atoms with Crippen LogP contribution in [0.5, 0.6) is 0 Å². The van der Waals surface area contributed by atoms with E-state index in [1.54, 1.807) is 0 Å². The van der Waals surface area contributed by atoms with E-state index in [0.29, 0.717) is 6.04 Å². The predicted octanol–water partition coefficient (Wildman–Crippen LogP) is 2.84. The fourth-order valence-electron chi connectivity index (χ4n) is 3.00. The Balaban J connectivity index is 1.79. The number of ether oxygens (including phenoxy) is 1. The Labute approximate surface area is 129 Å². The van der Waals surface area contributed by atoms with Gasteiger partial charge in [0.2, 0.25) is 0 Å². The van der Waals surface area contributed by atoms with Gasteiger partial charge in [-0.2, -0.15) is 0 Å². The molecule has 2 rings (SSSR count). The molecule has 0 radical (unpaired) electrons. The maximum atomic E-state index is 6.01. The molecule has 3 nitrogen and oxygen atoms in total. The van der Waals surface area contributed by atoms with Crippen LogP contribution in [-0.4, -0.2) is 44.2 Å². The van der Waals surface area contributed by atoms with Crippen molar-refractivity contribution in [2.24, 2.45) is 0 Å². The largest absolute Gasteiger partial charge is 0.375 e. The quantitative estimate of drug-likeness (QED) is 0.745. The lowest BCUT2D eigenvalue weighted by molar-refractivity contribution is 0.0441. The summed E-state index contributed by atoms with van der Waals surface area (Å²) in [4.78, 5) is 2.45. The molecule has 0 amide bonds. The Morgan fingerprint density at radius 2 is 2.05 bits per heavy atom. The van der Waals surface area contributed by atoms with Crippen LogP contribution in [0.15, 0.2) is 24.3 Å². The fourth-order valence-corrected chi connectivity index (χ4v) is 3.00. The van der Waals surface area contributed by atoms with Gasteiger partial charge in [-0.3, -0.25) is 0 Å². The van der Waals surface area contributed by atoms with E-state index in [-0.39, 0.29) is 0 Å². The van der Waals surface area contributed by atoms with E-state index >= 15 is 0 Å². The third-order valence-corrected chi connectivity index (χ3v) is 4.43. The van der Waals surface area contributed by atoms with Crippen LogP contribution < -0.4 is 5.32 Å². The minimum Gasteiger partial charge on any atom is -0.375 e. The van der Waals surface area contributed by atoms with E-state index < -0.39 is 0 Å². The van der Waals surface area contributed by atoms with Crippen molar-refractivity contribution in [3.8, 4) is 0 Å². The maximum Gasteiger partial charge on any atom is 0.0720 e. The number of piperidine rings is 1. The molecule has 1 saturated heterocycles. The van der Waals surface area contributed by atoms with Crippen molar-refractivity contribution in [3.05, 3.63) is 35.4 Å². The lowest BCUT2D eigenvalue weighted by Crippen LogP contribution is -2.39. The van der Waals surface area contributed by atoms with Crippen molar-refractivity contribution in [1.82, 2.24) is 10.2 Å². The zero-order valence-corrected chi connectivity index (χ0v) is 13.6. The number of nitrogens with zero attached hydrogens (tertiary/aromatic N) is 1. The first-order chi connectivity index (χ1) is 10.3. The van der Waals surface area contributed by atoms with Crippen LogP contribution >= 0.6 is 0 Å². The van der Waals surface area contributed by atoms with E-state index in [9.17, 15) is 0 Å². The van der Waals surface area contributed by atoms with Gasteiger partial charge in [0.1, 0.15) is 0 Å². The summed E-state index contributed by atoms with van der Waals surface area (Å²) in [5.74, 6) is 0. The summed E-state index contributed by atoms with van der Waals surface area (Å²) in [5, 5.41) is 3.39. The van der Waals surface area contributed by atoms with Gasteiger partial charge < -0.3 is 15.0 Å². The highest BCUT2D eigenvalue weighted by atomic mass is 16.5. The first kappa shape index (κ1) is 16.5. The summed E-state index contributed by atoms with van der Waals surface area (Å²) >= 11 is 0. The van der Waals surface area contributed by atoms with Gasteiger partial charge in [0.25, 0.3) is 0 Å². The van der Waals surface area contributed by atoms with Crippen molar-refractivity contribution < 1.29 is 4.74 Å². The zero-order valence-electron chi connectivity index (χ0n) is 13.6. The number of rotatable bonds is 8. The Hall–Kier alpha value is -0.900. The van der Waals surface area contributed by atoms with Crippen molar-refractivity contribution in [2.75, 3.05) is 33.3 Å². The van der Waals surface area contributed by atoms with E-state index in [0.717, 1.165) is 32.7 Å². The van der Waals surface area contributed by atoms with Gasteiger partial charge >= 0.3 is 0 Å². The molecule has 0 aliphatic carbocycles. The molecule has 1 aliphatic heterocycles. The van der Waals surface area contributed by atoms with Crippen molar-refractivity contribution in [2.45, 2.75) is 45.3 Å². The Morgan fingerprint density at radius 1 is 1.24 bits per heavy atom. The number of nitrogens with one attached hydrogen (secondary N) is 1. The highest BCUT2D eigenvalue weighted by molar-refractivity contribution is 5.26. The van der Waals surface area contributed by atoms with Gasteiger partial charge in [0.15, 0.2) is 0 Å². The molecule has 1 heterocycles. The van der Waals surface area contributed by atoms with Gasteiger partial charge in [-0.15, -0.1) is 0 Å². The number of likely N-dealkylation sites (tertiary alicyclic amines) is 1. The van der Waals surface area contributed by atoms with Crippen LogP contribution in [-0.2, 0) is 17.8 Å². The molecule has 1 unspecified atom stereocenters. The molecule has 3 heteroatoms. The third-order valence-electron chi connectivity index (χ3n) is 4.43. The Kier molecular flexibility index (Phi) is 7.20. The van der Waals surface area contributed by atoms with Gasteiger partial charge in [0.05, 0.1) is 13.2 Å². The second kappa shape index (κ2) is 9.19. The molecule has 1 atom stereocenters. The molecular weight excluding hydrogens is 260 g/mol. The fraction of sp³-hybridized carbons (Fsp3) is 0.667. The molecule has 118 valence electrons. The Morgan fingerprint density at radius 3 is 2.81 bits per heavy atom. The average Bonchev–Trinajstić information content (AvgIpc) is 2.51. The molecular formula is C18H30N2O. The number of hydrogen-bond donors (Lipinski definition) is 1. The molecule has 0 spiro atoms. The van der Waals surface area contributed by atoms with Crippen molar-refractivity contribution in [1.29, 1.82) is 0 Å². The average molecular weight is 290 g/mol. The minimum absolute atomic E-state index is 0.604. The first-order valence-electron chi connectivity index (χ1n) is 8.36. The summed E-state index contributed by atoms with van der Waals surface area (Å²) in [7, 11) is 2.22. The van der Waals surface area contributed by atoms with E-state index in [1.807, 2.05) is 0 Å². The molecule has 0 aromatic heterocycles. The summed E-state index contributed by atoms with van der Waals surface area (Å²) in [6.45, 7) is 7.04. The Bertz CT molecular complexity index is 408. The molecule has 0 bridgehead atoms. The van der Waals surface area contributed by atoms with Gasteiger partial charge in [-0.05, 0) is 57.1 Å². The van der Waals surface area contributed by atoms with Gasteiger partial charge in [0, 0.05) is 6.04 Å². The smallest absolute Gasteiger partial charge is 0.0720 e. The molecule has 1 N–H and O–H groups in total. The monoisotopic (exact) mass is 290 g/mol.